The SMILES string of the molecule is COc1cccc(-c2nnc(SC3CCCCC3=O)n2-c2ccccc2)c1. The summed E-state index contributed by atoms with van der Waals surface area (Å²) < 4.78 is 7.39. The summed E-state index contributed by atoms with van der Waals surface area (Å²) in [6.07, 6.45) is 3.65. The minimum Gasteiger partial charge on any atom is -0.497 e. The number of methoxy groups -OCH3 is 1. The highest BCUT2D eigenvalue weighted by molar-refractivity contribution is 8.00. The van der Waals surface area contributed by atoms with Crippen molar-refractivity contribution in [3.63, 3.8) is 0 Å². The Kier molecular flexibility index (Phi) is 5.25. The highest BCUT2D eigenvalue weighted by Gasteiger charge is 2.27. The van der Waals surface area contributed by atoms with E-state index < -0.39 is 0 Å². The summed E-state index contributed by atoms with van der Waals surface area (Å²) in [7, 11) is 1.65. The average Bonchev–Trinajstić information content (AvgIpc) is 3.14. The number of nitrogens with zero attached hydrogens (tertiary/aromatic N) is 3. The van der Waals surface area contributed by atoms with E-state index in [0.29, 0.717) is 12.2 Å². The van der Waals surface area contributed by atoms with Crippen LogP contribution in [-0.2, 0) is 4.79 Å². The Morgan fingerprint density at radius 3 is 2.70 bits per heavy atom. The fourth-order valence-corrected chi connectivity index (χ4v) is 4.48. The lowest BCUT2D eigenvalue weighted by Gasteiger charge is -2.20. The molecule has 0 bridgehead atoms. The number of benzene rings is 2. The molecule has 1 aliphatic rings. The van der Waals surface area contributed by atoms with Gasteiger partial charge < -0.3 is 4.74 Å². The Hall–Kier alpha value is -2.60. The monoisotopic (exact) mass is 379 g/mol. The Labute approximate surface area is 162 Å². The van der Waals surface area contributed by atoms with Gasteiger partial charge in [0.25, 0.3) is 0 Å². The molecule has 4 rings (SSSR count). The predicted molar refractivity (Wildman–Crippen MR) is 106 cm³/mol. The van der Waals surface area contributed by atoms with E-state index in [4.69, 9.17) is 4.74 Å². The lowest BCUT2D eigenvalue weighted by molar-refractivity contribution is -0.119. The number of aromatic nitrogens is 3. The average molecular weight is 379 g/mol. The predicted octanol–water partition coefficient (Wildman–Crippen LogP) is 4.55. The van der Waals surface area contributed by atoms with Crippen LogP contribution in [0.3, 0.4) is 0 Å². The number of ether oxygens (including phenoxy) is 1. The van der Waals surface area contributed by atoms with Crippen molar-refractivity contribution in [3.05, 3.63) is 54.6 Å². The van der Waals surface area contributed by atoms with Crippen molar-refractivity contribution in [1.29, 1.82) is 0 Å². The number of hydrogen-bond donors (Lipinski definition) is 0. The van der Waals surface area contributed by atoms with Crippen LogP contribution < -0.4 is 4.74 Å². The van der Waals surface area contributed by atoms with Gasteiger partial charge in [-0.3, -0.25) is 9.36 Å². The van der Waals surface area contributed by atoms with Crippen LogP contribution in [-0.4, -0.2) is 32.9 Å². The lowest BCUT2D eigenvalue weighted by atomic mass is 9.99. The van der Waals surface area contributed by atoms with Crippen molar-refractivity contribution in [2.24, 2.45) is 0 Å². The normalized spacial score (nSPS) is 17.1. The van der Waals surface area contributed by atoms with Crippen LogP contribution in [0.25, 0.3) is 17.1 Å². The number of rotatable bonds is 5. The van der Waals surface area contributed by atoms with Gasteiger partial charge in [0, 0.05) is 17.7 Å². The molecule has 1 unspecified atom stereocenters. The largest absolute Gasteiger partial charge is 0.497 e. The van der Waals surface area contributed by atoms with E-state index >= 15 is 0 Å². The van der Waals surface area contributed by atoms with Crippen LogP contribution in [0.2, 0.25) is 0 Å². The van der Waals surface area contributed by atoms with E-state index in [0.717, 1.165) is 47.2 Å². The molecule has 0 saturated heterocycles. The molecule has 5 nitrogen and oxygen atoms in total. The molecule has 1 saturated carbocycles. The first-order valence-corrected chi connectivity index (χ1v) is 9.99. The first kappa shape index (κ1) is 17.8. The highest BCUT2D eigenvalue weighted by atomic mass is 32.2. The molecule has 0 radical (unpaired) electrons. The third-order valence-electron chi connectivity index (χ3n) is 4.72. The molecule has 1 aromatic heterocycles. The molecule has 1 aliphatic carbocycles. The molecule has 0 N–H and O–H groups in total. The number of carbonyl (C=O) groups is 1. The third-order valence-corrected chi connectivity index (χ3v) is 5.98. The van der Waals surface area contributed by atoms with Crippen LogP contribution in [0.5, 0.6) is 5.75 Å². The van der Waals surface area contributed by atoms with Crippen LogP contribution in [0.4, 0.5) is 0 Å². The van der Waals surface area contributed by atoms with E-state index in [1.807, 2.05) is 59.2 Å². The summed E-state index contributed by atoms with van der Waals surface area (Å²) in [4.78, 5) is 12.3. The Balaban J connectivity index is 1.78. The van der Waals surface area contributed by atoms with Gasteiger partial charge in [-0.15, -0.1) is 10.2 Å². The Morgan fingerprint density at radius 1 is 1.07 bits per heavy atom. The number of para-hydroxylation sites is 1. The van der Waals surface area contributed by atoms with E-state index in [9.17, 15) is 4.79 Å². The second-order valence-corrected chi connectivity index (χ2v) is 7.70. The second kappa shape index (κ2) is 7.96. The van der Waals surface area contributed by atoms with Crippen molar-refractivity contribution in [2.45, 2.75) is 36.1 Å². The smallest absolute Gasteiger partial charge is 0.196 e. The summed E-state index contributed by atoms with van der Waals surface area (Å²) in [5.74, 6) is 1.83. The van der Waals surface area contributed by atoms with Crippen LogP contribution in [0.1, 0.15) is 25.7 Å². The molecular weight excluding hydrogens is 358 g/mol. The number of hydrogen-bond acceptors (Lipinski definition) is 5. The molecule has 138 valence electrons. The summed E-state index contributed by atoms with van der Waals surface area (Å²) in [6, 6.07) is 17.8. The minimum absolute atomic E-state index is 0.0384. The summed E-state index contributed by atoms with van der Waals surface area (Å²) in [5.41, 5.74) is 1.90. The quantitative estimate of drug-likeness (QED) is 0.651. The van der Waals surface area contributed by atoms with Gasteiger partial charge in [-0.25, -0.2) is 0 Å². The topological polar surface area (TPSA) is 57.0 Å². The Bertz CT molecular complexity index is 940. The fraction of sp³-hybridized carbons (Fsp3) is 0.286. The highest BCUT2D eigenvalue weighted by Crippen LogP contribution is 2.35. The standard InChI is InChI=1S/C21H21N3O2S/c1-26-17-11-7-8-15(14-17)20-22-23-21(24(20)16-9-3-2-4-10-16)27-19-13-6-5-12-18(19)25/h2-4,7-11,14,19H,5-6,12-13H2,1H3. The minimum atomic E-state index is -0.0384. The summed E-state index contributed by atoms with van der Waals surface area (Å²) in [6.45, 7) is 0. The van der Waals surface area contributed by atoms with Gasteiger partial charge in [-0.05, 0) is 37.1 Å². The number of ketones is 1. The molecule has 3 aromatic rings. The summed E-state index contributed by atoms with van der Waals surface area (Å²) in [5, 5.41) is 9.60. The van der Waals surface area contributed by atoms with E-state index in [1.54, 1.807) is 7.11 Å². The third kappa shape index (κ3) is 3.76. The molecule has 1 fully saturated rings. The number of thioether (sulfide) groups is 1. The van der Waals surface area contributed by atoms with Crippen LogP contribution >= 0.6 is 11.8 Å². The van der Waals surface area contributed by atoms with Gasteiger partial charge >= 0.3 is 0 Å². The molecule has 27 heavy (non-hydrogen) atoms. The molecule has 0 aliphatic heterocycles. The fourth-order valence-electron chi connectivity index (χ4n) is 3.31. The molecule has 0 spiro atoms. The van der Waals surface area contributed by atoms with E-state index in [1.165, 1.54) is 11.8 Å². The van der Waals surface area contributed by atoms with Crippen molar-refractivity contribution < 1.29 is 9.53 Å². The lowest BCUT2D eigenvalue weighted by Crippen LogP contribution is -2.21. The van der Waals surface area contributed by atoms with Crippen molar-refractivity contribution in [1.82, 2.24) is 14.8 Å². The maximum Gasteiger partial charge on any atom is 0.196 e. The molecule has 1 heterocycles. The van der Waals surface area contributed by atoms with E-state index in [-0.39, 0.29) is 5.25 Å². The maximum absolute atomic E-state index is 12.3. The molecule has 2 aromatic carbocycles. The van der Waals surface area contributed by atoms with E-state index in [2.05, 4.69) is 10.2 Å². The Morgan fingerprint density at radius 2 is 1.93 bits per heavy atom. The van der Waals surface area contributed by atoms with Gasteiger partial charge in [0.2, 0.25) is 0 Å². The maximum atomic E-state index is 12.3. The molecule has 0 amide bonds. The number of carbonyl (C=O) groups excluding carboxylic acids is 1. The summed E-state index contributed by atoms with van der Waals surface area (Å²) >= 11 is 1.53. The van der Waals surface area contributed by atoms with Gasteiger partial charge in [0.15, 0.2) is 11.0 Å². The zero-order chi connectivity index (χ0) is 18.6. The molecule has 1 atom stereocenters. The van der Waals surface area contributed by atoms with Crippen LogP contribution in [0.15, 0.2) is 59.8 Å². The van der Waals surface area contributed by atoms with Crippen LogP contribution in [0, 0.1) is 0 Å². The zero-order valence-corrected chi connectivity index (χ0v) is 16.0. The van der Waals surface area contributed by atoms with Crippen molar-refractivity contribution >= 4 is 17.5 Å². The van der Waals surface area contributed by atoms with Gasteiger partial charge in [-0.1, -0.05) is 48.5 Å². The van der Waals surface area contributed by atoms with Crippen molar-refractivity contribution in [2.75, 3.05) is 7.11 Å². The second-order valence-electron chi connectivity index (χ2n) is 6.53. The first-order chi connectivity index (χ1) is 13.3. The zero-order valence-electron chi connectivity index (χ0n) is 15.2. The van der Waals surface area contributed by atoms with Gasteiger partial charge in [0.1, 0.15) is 11.5 Å². The van der Waals surface area contributed by atoms with Gasteiger partial charge in [0.05, 0.1) is 12.4 Å². The molecule has 6 heteroatoms. The van der Waals surface area contributed by atoms with Gasteiger partial charge in [-0.2, -0.15) is 0 Å². The number of Topliss-reactive ketones (excluding diaryl/α,β-unsaturated/α-hetero) is 1. The molecular formula is C21H21N3O2S. The van der Waals surface area contributed by atoms with Crippen molar-refractivity contribution in [3.8, 4) is 22.8 Å². The first-order valence-electron chi connectivity index (χ1n) is 9.11.